The van der Waals surface area contributed by atoms with Gasteiger partial charge in [0.05, 0.1) is 15.4 Å². The van der Waals surface area contributed by atoms with Crippen molar-refractivity contribution in [3.05, 3.63) is 37.4 Å². The number of halogens is 1. The van der Waals surface area contributed by atoms with Gasteiger partial charge in [0.25, 0.3) is 5.91 Å². The van der Waals surface area contributed by atoms with Gasteiger partial charge in [-0.1, -0.05) is 11.6 Å². The number of nitrogens with two attached hydrogens (primary N) is 1. The molecule has 1 unspecified atom stereocenters. The van der Waals surface area contributed by atoms with Crippen molar-refractivity contribution in [2.24, 2.45) is 5.73 Å². The van der Waals surface area contributed by atoms with Gasteiger partial charge >= 0.3 is 0 Å². The van der Waals surface area contributed by atoms with Gasteiger partial charge in [0.2, 0.25) is 0 Å². The quantitative estimate of drug-likeness (QED) is 0.891. The fourth-order valence-corrected chi connectivity index (χ4v) is 3.41. The van der Waals surface area contributed by atoms with Crippen LogP contribution in [0.2, 0.25) is 4.34 Å². The molecule has 102 valence electrons. The van der Waals surface area contributed by atoms with Crippen LogP contribution in [0.15, 0.2) is 17.5 Å². The Morgan fingerprint density at radius 1 is 1.58 bits per heavy atom. The number of aromatic nitrogens is 1. The zero-order valence-corrected chi connectivity index (χ0v) is 12.7. The van der Waals surface area contributed by atoms with Crippen LogP contribution in [0.4, 0.5) is 0 Å². The van der Waals surface area contributed by atoms with E-state index in [4.69, 9.17) is 17.3 Å². The third-order valence-corrected chi connectivity index (χ3v) is 4.83. The average molecular weight is 316 g/mol. The standard InChI is InChI=1S/C12H14ClN3OS2/c1-7(9-2-3-10(13)19-9)15-12(17)8-6-18-11(16-8)4-5-14/h2-3,6-7H,4-5,14H2,1H3,(H,15,17). The highest BCUT2D eigenvalue weighted by Gasteiger charge is 2.15. The van der Waals surface area contributed by atoms with Crippen molar-refractivity contribution in [2.45, 2.75) is 19.4 Å². The van der Waals surface area contributed by atoms with E-state index < -0.39 is 0 Å². The number of rotatable bonds is 5. The monoisotopic (exact) mass is 315 g/mol. The van der Waals surface area contributed by atoms with Crippen molar-refractivity contribution in [1.82, 2.24) is 10.3 Å². The lowest BCUT2D eigenvalue weighted by Crippen LogP contribution is -2.26. The summed E-state index contributed by atoms with van der Waals surface area (Å²) in [7, 11) is 0. The van der Waals surface area contributed by atoms with Gasteiger partial charge in [-0.2, -0.15) is 0 Å². The van der Waals surface area contributed by atoms with Crippen molar-refractivity contribution in [3.63, 3.8) is 0 Å². The predicted octanol–water partition coefficient (Wildman–Crippen LogP) is 2.85. The first-order valence-corrected chi connectivity index (χ1v) is 7.88. The highest BCUT2D eigenvalue weighted by Crippen LogP contribution is 2.26. The summed E-state index contributed by atoms with van der Waals surface area (Å²) in [6.45, 7) is 2.46. The minimum atomic E-state index is -0.170. The van der Waals surface area contributed by atoms with Gasteiger partial charge in [0.1, 0.15) is 5.69 Å². The van der Waals surface area contributed by atoms with E-state index in [1.165, 1.54) is 22.7 Å². The van der Waals surface area contributed by atoms with E-state index in [9.17, 15) is 4.79 Å². The number of amides is 1. The van der Waals surface area contributed by atoms with Crippen LogP contribution in [0.3, 0.4) is 0 Å². The Kier molecular flexibility index (Phi) is 4.93. The topological polar surface area (TPSA) is 68.0 Å². The molecule has 0 fully saturated rings. The molecule has 2 heterocycles. The van der Waals surface area contributed by atoms with Crippen molar-refractivity contribution >= 4 is 40.2 Å². The van der Waals surface area contributed by atoms with Crippen molar-refractivity contribution in [1.29, 1.82) is 0 Å². The Bertz CT molecular complexity index is 567. The molecule has 1 amide bonds. The Morgan fingerprint density at radius 2 is 2.37 bits per heavy atom. The van der Waals surface area contributed by atoms with Crippen LogP contribution >= 0.6 is 34.3 Å². The Balaban J connectivity index is 1.99. The first kappa shape index (κ1) is 14.5. The summed E-state index contributed by atoms with van der Waals surface area (Å²) in [6.07, 6.45) is 0.702. The number of carbonyl (C=O) groups is 1. The molecule has 0 saturated heterocycles. The van der Waals surface area contributed by atoms with E-state index in [1.807, 2.05) is 19.1 Å². The predicted molar refractivity (Wildman–Crippen MR) is 80.1 cm³/mol. The molecule has 0 aliphatic carbocycles. The molecule has 0 aliphatic heterocycles. The van der Waals surface area contributed by atoms with E-state index >= 15 is 0 Å². The van der Waals surface area contributed by atoms with Gasteiger partial charge in [0, 0.05) is 16.7 Å². The first-order valence-electron chi connectivity index (χ1n) is 5.80. The van der Waals surface area contributed by atoms with Gasteiger partial charge < -0.3 is 11.1 Å². The molecule has 0 radical (unpaired) electrons. The lowest BCUT2D eigenvalue weighted by Gasteiger charge is -2.10. The fourth-order valence-electron chi connectivity index (χ4n) is 1.56. The van der Waals surface area contributed by atoms with E-state index in [0.29, 0.717) is 18.7 Å². The molecule has 7 heteroatoms. The van der Waals surface area contributed by atoms with Gasteiger partial charge in [-0.25, -0.2) is 4.98 Å². The Labute approximate surface area is 124 Å². The van der Waals surface area contributed by atoms with Crippen molar-refractivity contribution in [2.75, 3.05) is 6.54 Å². The molecular weight excluding hydrogens is 302 g/mol. The lowest BCUT2D eigenvalue weighted by molar-refractivity contribution is 0.0936. The highest BCUT2D eigenvalue weighted by molar-refractivity contribution is 7.16. The second-order valence-corrected chi connectivity index (χ2v) is 6.69. The molecule has 2 rings (SSSR count). The van der Waals surface area contributed by atoms with Crippen LogP contribution in [0.5, 0.6) is 0 Å². The maximum absolute atomic E-state index is 12.0. The fraction of sp³-hybridized carbons (Fsp3) is 0.333. The molecule has 0 aromatic carbocycles. The molecule has 0 spiro atoms. The molecular formula is C12H14ClN3OS2. The molecule has 0 aliphatic rings. The number of thiophene rings is 1. The molecule has 3 N–H and O–H groups in total. The number of nitrogens with zero attached hydrogens (tertiary/aromatic N) is 1. The van der Waals surface area contributed by atoms with Crippen LogP contribution < -0.4 is 11.1 Å². The maximum Gasteiger partial charge on any atom is 0.271 e. The van der Waals surface area contributed by atoms with E-state index in [2.05, 4.69) is 10.3 Å². The van der Waals surface area contributed by atoms with Gasteiger partial charge in [-0.3, -0.25) is 4.79 Å². The molecule has 19 heavy (non-hydrogen) atoms. The summed E-state index contributed by atoms with van der Waals surface area (Å²) >= 11 is 8.80. The largest absolute Gasteiger partial charge is 0.343 e. The molecule has 2 aromatic rings. The molecule has 2 aromatic heterocycles. The second kappa shape index (κ2) is 6.47. The summed E-state index contributed by atoms with van der Waals surface area (Å²) in [4.78, 5) is 17.3. The number of hydrogen-bond acceptors (Lipinski definition) is 5. The van der Waals surface area contributed by atoms with Gasteiger partial charge in [0.15, 0.2) is 0 Å². The number of nitrogens with one attached hydrogen (secondary N) is 1. The summed E-state index contributed by atoms with van der Waals surface area (Å²) in [6, 6.07) is 3.66. The van der Waals surface area contributed by atoms with E-state index in [-0.39, 0.29) is 11.9 Å². The number of carbonyl (C=O) groups excluding carboxylic acids is 1. The van der Waals surface area contributed by atoms with Crippen LogP contribution in [-0.4, -0.2) is 17.4 Å². The van der Waals surface area contributed by atoms with E-state index in [0.717, 1.165) is 14.2 Å². The number of thiazole rings is 1. The second-order valence-electron chi connectivity index (χ2n) is 4.00. The van der Waals surface area contributed by atoms with Gasteiger partial charge in [-0.05, 0) is 25.6 Å². The van der Waals surface area contributed by atoms with Crippen LogP contribution in [0.25, 0.3) is 0 Å². The Morgan fingerprint density at radius 3 is 3.00 bits per heavy atom. The SMILES string of the molecule is CC(NC(=O)c1csc(CCN)n1)c1ccc(Cl)s1. The third-order valence-electron chi connectivity index (χ3n) is 2.51. The van der Waals surface area contributed by atoms with Crippen LogP contribution in [0, 0.1) is 0 Å². The Hall–Kier alpha value is -0.950. The first-order chi connectivity index (χ1) is 9.10. The van der Waals surface area contributed by atoms with Gasteiger partial charge in [-0.15, -0.1) is 22.7 Å². The highest BCUT2D eigenvalue weighted by atomic mass is 35.5. The van der Waals surface area contributed by atoms with Crippen molar-refractivity contribution < 1.29 is 4.79 Å². The minimum Gasteiger partial charge on any atom is -0.343 e. The van der Waals surface area contributed by atoms with Crippen molar-refractivity contribution in [3.8, 4) is 0 Å². The summed E-state index contributed by atoms with van der Waals surface area (Å²) in [5.74, 6) is -0.170. The maximum atomic E-state index is 12.0. The smallest absolute Gasteiger partial charge is 0.271 e. The zero-order valence-electron chi connectivity index (χ0n) is 10.4. The normalized spacial score (nSPS) is 12.4. The molecule has 4 nitrogen and oxygen atoms in total. The molecule has 0 bridgehead atoms. The zero-order chi connectivity index (χ0) is 13.8. The summed E-state index contributed by atoms with van der Waals surface area (Å²) in [5.41, 5.74) is 5.91. The summed E-state index contributed by atoms with van der Waals surface area (Å²) < 4.78 is 0.718. The molecule has 0 saturated carbocycles. The van der Waals surface area contributed by atoms with Crippen LogP contribution in [0.1, 0.15) is 33.3 Å². The minimum absolute atomic E-state index is 0.0790. The van der Waals surface area contributed by atoms with Crippen LogP contribution in [-0.2, 0) is 6.42 Å². The lowest BCUT2D eigenvalue weighted by atomic mass is 10.2. The summed E-state index contributed by atoms with van der Waals surface area (Å²) in [5, 5.41) is 5.55. The third kappa shape index (κ3) is 3.76. The number of hydrogen-bond donors (Lipinski definition) is 2. The molecule has 1 atom stereocenters. The average Bonchev–Trinajstić information content (AvgIpc) is 2.98. The van der Waals surface area contributed by atoms with E-state index in [1.54, 1.807) is 5.38 Å².